The van der Waals surface area contributed by atoms with E-state index in [-0.39, 0.29) is 0 Å². The minimum atomic E-state index is 0.621. The normalized spacial score (nSPS) is 16.1. The van der Waals surface area contributed by atoms with Crippen molar-refractivity contribution in [2.24, 2.45) is 10.7 Å². The number of anilines is 1. The summed E-state index contributed by atoms with van der Waals surface area (Å²) in [6.45, 7) is 10.0. The van der Waals surface area contributed by atoms with Gasteiger partial charge in [0, 0.05) is 31.9 Å². The Labute approximate surface area is 127 Å². The van der Waals surface area contributed by atoms with Gasteiger partial charge in [0.25, 0.3) is 0 Å². The van der Waals surface area contributed by atoms with Crippen molar-refractivity contribution in [3.05, 3.63) is 29.8 Å². The van der Waals surface area contributed by atoms with Crippen LogP contribution in [0.15, 0.2) is 29.3 Å². The Bertz CT molecular complexity index is 465. The van der Waals surface area contributed by atoms with Gasteiger partial charge >= 0.3 is 0 Å². The zero-order valence-electron chi connectivity index (χ0n) is 13.1. The summed E-state index contributed by atoms with van der Waals surface area (Å²) < 4.78 is 5.42. The van der Waals surface area contributed by atoms with Gasteiger partial charge in [-0.1, -0.05) is 18.2 Å². The van der Waals surface area contributed by atoms with Gasteiger partial charge in [-0.15, -0.1) is 0 Å². The molecular formula is C16H26N4O. The van der Waals surface area contributed by atoms with E-state index in [1.165, 1.54) is 11.3 Å². The first-order valence-electron chi connectivity index (χ1n) is 7.71. The Balaban J connectivity index is 2.11. The van der Waals surface area contributed by atoms with Crippen LogP contribution in [-0.4, -0.2) is 50.3 Å². The highest BCUT2D eigenvalue weighted by atomic mass is 16.5. The Morgan fingerprint density at radius 3 is 2.57 bits per heavy atom. The monoisotopic (exact) mass is 290 g/mol. The number of rotatable bonds is 5. The van der Waals surface area contributed by atoms with E-state index in [1.54, 1.807) is 0 Å². The van der Waals surface area contributed by atoms with E-state index in [4.69, 9.17) is 10.5 Å². The molecule has 0 amide bonds. The van der Waals surface area contributed by atoms with Crippen molar-refractivity contribution in [3.8, 4) is 0 Å². The summed E-state index contributed by atoms with van der Waals surface area (Å²) >= 11 is 0. The van der Waals surface area contributed by atoms with Crippen LogP contribution in [0.3, 0.4) is 0 Å². The lowest BCUT2D eigenvalue weighted by atomic mass is 10.1. The molecule has 0 aliphatic carbocycles. The van der Waals surface area contributed by atoms with Crippen LogP contribution in [0.4, 0.5) is 5.69 Å². The summed E-state index contributed by atoms with van der Waals surface area (Å²) in [7, 11) is 0. The third-order valence-corrected chi connectivity index (χ3v) is 3.84. The first-order valence-corrected chi connectivity index (χ1v) is 7.71. The van der Waals surface area contributed by atoms with E-state index in [1.807, 2.05) is 0 Å². The summed E-state index contributed by atoms with van der Waals surface area (Å²) in [5.74, 6) is 0.622. The van der Waals surface area contributed by atoms with Gasteiger partial charge in [-0.2, -0.15) is 0 Å². The molecule has 0 unspecified atom stereocenters. The summed E-state index contributed by atoms with van der Waals surface area (Å²) in [5, 5.41) is 0. The molecule has 1 fully saturated rings. The average Bonchev–Trinajstić information content (AvgIpc) is 2.55. The molecular weight excluding hydrogens is 264 g/mol. The molecule has 21 heavy (non-hydrogen) atoms. The van der Waals surface area contributed by atoms with Crippen molar-refractivity contribution in [2.75, 3.05) is 44.3 Å². The molecule has 0 aromatic heterocycles. The molecule has 2 rings (SSSR count). The molecule has 116 valence electrons. The van der Waals surface area contributed by atoms with Gasteiger partial charge in [0.1, 0.15) is 0 Å². The van der Waals surface area contributed by atoms with Gasteiger partial charge in [-0.25, -0.2) is 4.99 Å². The number of hydrogen-bond donors (Lipinski definition) is 1. The van der Waals surface area contributed by atoms with Crippen molar-refractivity contribution in [3.63, 3.8) is 0 Å². The molecule has 1 aromatic carbocycles. The van der Waals surface area contributed by atoms with Crippen LogP contribution in [0.25, 0.3) is 0 Å². The van der Waals surface area contributed by atoms with Gasteiger partial charge in [0.2, 0.25) is 0 Å². The predicted octanol–water partition coefficient (Wildman–Crippen LogP) is 1.68. The molecule has 0 atom stereocenters. The molecule has 0 radical (unpaired) electrons. The Morgan fingerprint density at radius 2 is 1.90 bits per heavy atom. The molecule has 5 heteroatoms. The lowest BCUT2D eigenvalue weighted by Crippen LogP contribution is -2.37. The molecule has 5 nitrogen and oxygen atoms in total. The van der Waals surface area contributed by atoms with Gasteiger partial charge in [0.15, 0.2) is 5.96 Å². The molecule has 1 aromatic rings. The van der Waals surface area contributed by atoms with Crippen molar-refractivity contribution in [1.82, 2.24) is 4.90 Å². The van der Waals surface area contributed by atoms with E-state index in [0.29, 0.717) is 12.5 Å². The fourth-order valence-electron chi connectivity index (χ4n) is 2.57. The first-order chi connectivity index (χ1) is 10.3. The van der Waals surface area contributed by atoms with E-state index in [0.717, 1.165) is 39.4 Å². The second-order valence-electron chi connectivity index (χ2n) is 5.07. The maximum atomic E-state index is 6.06. The third-order valence-electron chi connectivity index (χ3n) is 3.84. The number of guanidine groups is 1. The Kier molecular flexibility index (Phi) is 5.87. The van der Waals surface area contributed by atoms with Crippen LogP contribution in [0, 0.1) is 0 Å². The lowest BCUT2D eigenvalue weighted by Gasteiger charge is -2.30. The largest absolute Gasteiger partial charge is 0.378 e. The summed E-state index contributed by atoms with van der Waals surface area (Å²) in [5.41, 5.74) is 8.52. The quantitative estimate of drug-likeness (QED) is 0.662. The van der Waals surface area contributed by atoms with Crippen molar-refractivity contribution < 1.29 is 4.74 Å². The van der Waals surface area contributed by atoms with Crippen LogP contribution in [-0.2, 0) is 11.3 Å². The molecule has 1 aliphatic rings. The molecule has 0 saturated carbocycles. The standard InChI is InChI=1S/C16H26N4O/c1-3-19(4-2)16(17)18-13-14-7-5-6-8-15(14)20-9-11-21-12-10-20/h5-8H,3-4,9-13H2,1-2H3,(H2,17,18). The van der Waals surface area contributed by atoms with Gasteiger partial charge in [-0.05, 0) is 25.5 Å². The van der Waals surface area contributed by atoms with Gasteiger partial charge in [0.05, 0.1) is 19.8 Å². The third kappa shape index (κ3) is 4.11. The fourth-order valence-corrected chi connectivity index (χ4v) is 2.57. The predicted molar refractivity (Wildman–Crippen MR) is 87.7 cm³/mol. The second kappa shape index (κ2) is 7.88. The van der Waals surface area contributed by atoms with Crippen LogP contribution < -0.4 is 10.6 Å². The second-order valence-corrected chi connectivity index (χ2v) is 5.07. The minimum absolute atomic E-state index is 0.621. The Hall–Kier alpha value is -1.75. The van der Waals surface area contributed by atoms with Crippen LogP contribution in [0.2, 0.25) is 0 Å². The van der Waals surface area contributed by atoms with Crippen LogP contribution >= 0.6 is 0 Å². The topological polar surface area (TPSA) is 54.1 Å². The number of ether oxygens (including phenoxy) is 1. The number of nitrogens with two attached hydrogens (primary N) is 1. The highest BCUT2D eigenvalue weighted by Crippen LogP contribution is 2.22. The number of para-hydroxylation sites is 1. The molecule has 2 N–H and O–H groups in total. The molecule has 1 saturated heterocycles. The zero-order valence-corrected chi connectivity index (χ0v) is 13.1. The van der Waals surface area contributed by atoms with Crippen molar-refractivity contribution >= 4 is 11.6 Å². The fraction of sp³-hybridized carbons (Fsp3) is 0.562. The molecule has 0 spiro atoms. The smallest absolute Gasteiger partial charge is 0.191 e. The molecule has 1 aliphatic heterocycles. The van der Waals surface area contributed by atoms with E-state index in [2.05, 4.69) is 52.9 Å². The number of aliphatic imine (C=N–C) groups is 1. The summed E-state index contributed by atoms with van der Waals surface area (Å²) in [4.78, 5) is 8.98. The summed E-state index contributed by atoms with van der Waals surface area (Å²) in [6.07, 6.45) is 0. The van der Waals surface area contributed by atoms with Crippen LogP contribution in [0.5, 0.6) is 0 Å². The van der Waals surface area contributed by atoms with E-state index < -0.39 is 0 Å². The maximum absolute atomic E-state index is 6.06. The molecule has 0 bridgehead atoms. The maximum Gasteiger partial charge on any atom is 0.191 e. The number of hydrogen-bond acceptors (Lipinski definition) is 3. The number of nitrogens with zero attached hydrogens (tertiary/aromatic N) is 3. The molecule has 1 heterocycles. The Morgan fingerprint density at radius 1 is 1.24 bits per heavy atom. The number of morpholine rings is 1. The minimum Gasteiger partial charge on any atom is -0.378 e. The summed E-state index contributed by atoms with van der Waals surface area (Å²) in [6, 6.07) is 8.42. The van der Waals surface area contributed by atoms with E-state index in [9.17, 15) is 0 Å². The van der Waals surface area contributed by atoms with Crippen molar-refractivity contribution in [1.29, 1.82) is 0 Å². The number of benzene rings is 1. The van der Waals surface area contributed by atoms with Crippen molar-refractivity contribution in [2.45, 2.75) is 20.4 Å². The van der Waals surface area contributed by atoms with E-state index >= 15 is 0 Å². The average molecular weight is 290 g/mol. The zero-order chi connectivity index (χ0) is 15.1. The highest BCUT2D eigenvalue weighted by Gasteiger charge is 2.14. The van der Waals surface area contributed by atoms with Crippen LogP contribution in [0.1, 0.15) is 19.4 Å². The lowest BCUT2D eigenvalue weighted by molar-refractivity contribution is 0.122. The SMILES string of the molecule is CCN(CC)C(N)=NCc1ccccc1N1CCOCC1. The van der Waals surface area contributed by atoms with Gasteiger partial charge in [-0.3, -0.25) is 0 Å². The van der Waals surface area contributed by atoms with Gasteiger partial charge < -0.3 is 20.3 Å². The highest BCUT2D eigenvalue weighted by molar-refractivity contribution is 5.78. The first kappa shape index (κ1) is 15.6.